The predicted octanol–water partition coefficient (Wildman–Crippen LogP) is 1.54. The van der Waals surface area contributed by atoms with Crippen molar-refractivity contribution in [2.45, 2.75) is 12.2 Å². The molecule has 0 fully saturated rings. The molecule has 0 amide bonds. The Kier molecular flexibility index (Phi) is 3.87. The van der Waals surface area contributed by atoms with Crippen molar-refractivity contribution in [3.8, 4) is 0 Å². The van der Waals surface area contributed by atoms with Crippen LogP contribution in [0.15, 0.2) is 17.5 Å². The molecule has 13 heavy (non-hydrogen) atoms. The number of hydrogen-bond acceptors (Lipinski definition) is 4. The van der Waals surface area contributed by atoms with E-state index in [1.165, 1.54) is 0 Å². The van der Waals surface area contributed by atoms with Gasteiger partial charge in [-0.15, -0.1) is 11.3 Å². The fraction of sp³-hybridized carbons (Fsp3) is 0.556. The van der Waals surface area contributed by atoms with Crippen molar-refractivity contribution in [2.75, 3.05) is 20.8 Å². The van der Waals surface area contributed by atoms with Crippen LogP contribution in [0.4, 0.5) is 0 Å². The van der Waals surface area contributed by atoms with Gasteiger partial charge in [0.2, 0.25) is 5.79 Å². The van der Waals surface area contributed by atoms with Gasteiger partial charge in [0.1, 0.15) is 0 Å². The van der Waals surface area contributed by atoms with E-state index in [1.807, 2.05) is 17.5 Å². The maximum Gasteiger partial charge on any atom is 0.204 e. The van der Waals surface area contributed by atoms with E-state index in [-0.39, 0.29) is 0 Å². The van der Waals surface area contributed by atoms with E-state index < -0.39 is 5.79 Å². The van der Waals surface area contributed by atoms with E-state index in [0.29, 0.717) is 13.0 Å². The lowest BCUT2D eigenvalue weighted by Crippen LogP contribution is -2.32. The summed E-state index contributed by atoms with van der Waals surface area (Å²) in [6, 6.07) is 3.97. The molecule has 1 heterocycles. The fourth-order valence-corrected chi connectivity index (χ4v) is 2.21. The second-order valence-corrected chi connectivity index (χ2v) is 3.62. The first-order valence-corrected chi connectivity index (χ1v) is 5.01. The third-order valence-electron chi connectivity index (χ3n) is 2.03. The first kappa shape index (κ1) is 10.7. The van der Waals surface area contributed by atoms with Gasteiger partial charge in [0.05, 0.1) is 4.88 Å². The summed E-state index contributed by atoms with van der Waals surface area (Å²) in [5.74, 6) is -0.650. The Morgan fingerprint density at radius 2 is 2.15 bits per heavy atom. The average Bonchev–Trinajstić information content (AvgIpc) is 2.68. The molecule has 0 spiro atoms. The lowest BCUT2D eigenvalue weighted by atomic mass is 10.1. The zero-order valence-electron chi connectivity index (χ0n) is 7.95. The standard InChI is InChI=1S/C9H15NO2S/c1-11-9(12-2,5-6-10)8-4-3-7-13-8/h3-4,7H,5-6,10H2,1-2H3. The highest BCUT2D eigenvalue weighted by Gasteiger charge is 2.31. The monoisotopic (exact) mass is 201 g/mol. The molecule has 0 unspecified atom stereocenters. The number of nitrogens with two attached hydrogens (primary N) is 1. The van der Waals surface area contributed by atoms with Gasteiger partial charge < -0.3 is 15.2 Å². The normalized spacial score (nSPS) is 11.9. The molecular formula is C9H15NO2S. The Balaban J connectivity index is 2.89. The van der Waals surface area contributed by atoms with Gasteiger partial charge in [-0.1, -0.05) is 6.07 Å². The average molecular weight is 201 g/mol. The molecule has 0 saturated carbocycles. The van der Waals surface area contributed by atoms with Crippen molar-refractivity contribution in [3.05, 3.63) is 22.4 Å². The molecule has 1 rings (SSSR count). The second kappa shape index (κ2) is 4.72. The molecular weight excluding hydrogens is 186 g/mol. The van der Waals surface area contributed by atoms with Crippen LogP contribution in [-0.4, -0.2) is 20.8 Å². The summed E-state index contributed by atoms with van der Waals surface area (Å²) in [5.41, 5.74) is 5.52. The van der Waals surface area contributed by atoms with Gasteiger partial charge in [0, 0.05) is 20.6 Å². The van der Waals surface area contributed by atoms with Crippen molar-refractivity contribution >= 4 is 11.3 Å². The number of rotatable bonds is 5. The smallest absolute Gasteiger partial charge is 0.204 e. The SMILES string of the molecule is COC(CCN)(OC)c1cccs1. The Hall–Kier alpha value is -0.420. The highest BCUT2D eigenvalue weighted by molar-refractivity contribution is 7.10. The first-order chi connectivity index (χ1) is 6.29. The molecule has 2 N–H and O–H groups in total. The molecule has 0 bridgehead atoms. The van der Waals surface area contributed by atoms with E-state index >= 15 is 0 Å². The topological polar surface area (TPSA) is 44.5 Å². The summed E-state index contributed by atoms with van der Waals surface area (Å²) in [6.45, 7) is 0.541. The van der Waals surface area contributed by atoms with E-state index in [9.17, 15) is 0 Å². The highest BCUT2D eigenvalue weighted by Crippen LogP contribution is 2.32. The minimum Gasteiger partial charge on any atom is -0.349 e. The molecule has 4 heteroatoms. The van der Waals surface area contributed by atoms with Crippen LogP contribution in [0.5, 0.6) is 0 Å². The molecule has 3 nitrogen and oxygen atoms in total. The Bertz CT molecular complexity index is 232. The van der Waals surface area contributed by atoms with E-state index in [4.69, 9.17) is 15.2 Å². The van der Waals surface area contributed by atoms with Gasteiger partial charge in [-0.2, -0.15) is 0 Å². The summed E-state index contributed by atoms with van der Waals surface area (Å²) in [7, 11) is 3.28. The van der Waals surface area contributed by atoms with Crippen LogP contribution in [0.3, 0.4) is 0 Å². The van der Waals surface area contributed by atoms with Gasteiger partial charge >= 0.3 is 0 Å². The van der Waals surface area contributed by atoms with Gasteiger partial charge in [-0.25, -0.2) is 0 Å². The van der Waals surface area contributed by atoms with Crippen LogP contribution in [0, 0.1) is 0 Å². The molecule has 74 valence electrons. The van der Waals surface area contributed by atoms with Gasteiger partial charge in [0.25, 0.3) is 0 Å². The van der Waals surface area contributed by atoms with Crippen molar-refractivity contribution in [1.82, 2.24) is 0 Å². The Morgan fingerprint density at radius 3 is 2.54 bits per heavy atom. The first-order valence-electron chi connectivity index (χ1n) is 4.13. The molecule has 1 aromatic rings. The maximum atomic E-state index is 5.52. The third kappa shape index (κ3) is 2.08. The lowest BCUT2D eigenvalue weighted by Gasteiger charge is -2.29. The zero-order valence-corrected chi connectivity index (χ0v) is 8.76. The van der Waals surface area contributed by atoms with Crippen molar-refractivity contribution in [3.63, 3.8) is 0 Å². The quantitative estimate of drug-likeness (QED) is 0.735. The Labute approximate surface area is 82.5 Å². The molecule has 0 atom stereocenters. The fourth-order valence-electron chi connectivity index (χ4n) is 1.30. The van der Waals surface area contributed by atoms with Crippen LogP contribution >= 0.6 is 11.3 Å². The molecule has 0 aliphatic heterocycles. The highest BCUT2D eigenvalue weighted by atomic mass is 32.1. The van der Waals surface area contributed by atoms with Crippen molar-refractivity contribution in [2.24, 2.45) is 5.73 Å². The molecule has 0 aliphatic carbocycles. The predicted molar refractivity (Wildman–Crippen MR) is 53.7 cm³/mol. The summed E-state index contributed by atoms with van der Waals surface area (Å²) in [6.07, 6.45) is 0.667. The number of methoxy groups -OCH3 is 2. The number of ether oxygens (including phenoxy) is 2. The van der Waals surface area contributed by atoms with Crippen LogP contribution in [-0.2, 0) is 15.3 Å². The van der Waals surface area contributed by atoms with E-state index in [2.05, 4.69) is 0 Å². The molecule has 0 saturated heterocycles. The van der Waals surface area contributed by atoms with Gasteiger partial charge in [-0.05, 0) is 18.0 Å². The molecule has 0 radical (unpaired) electrons. The maximum absolute atomic E-state index is 5.52. The van der Waals surface area contributed by atoms with Gasteiger partial charge in [-0.3, -0.25) is 0 Å². The van der Waals surface area contributed by atoms with Crippen LogP contribution < -0.4 is 5.73 Å². The lowest BCUT2D eigenvalue weighted by molar-refractivity contribution is -0.216. The van der Waals surface area contributed by atoms with Crippen LogP contribution in [0.25, 0.3) is 0 Å². The van der Waals surface area contributed by atoms with E-state index in [1.54, 1.807) is 25.6 Å². The second-order valence-electron chi connectivity index (χ2n) is 2.68. The third-order valence-corrected chi connectivity index (χ3v) is 3.02. The molecule has 0 aromatic carbocycles. The molecule has 1 aromatic heterocycles. The minimum atomic E-state index is -0.650. The number of thiophene rings is 1. The van der Waals surface area contributed by atoms with Crippen molar-refractivity contribution < 1.29 is 9.47 Å². The van der Waals surface area contributed by atoms with Crippen LogP contribution in [0.2, 0.25) is 0 Å². The van der Waals surface area contributed by atoms with Crippen molar-refractivity contribution in [1.29, 1.82) is 0 Å². The summed E-state index contributed by atoms with van der Waals surface area (Å²) < 4.78 is 10.8. The summed E-state index contributed by atoms with van der Waals surface area (Å²) in [4.78, 5) is 1.06. The summed E-state index contributed by atoms with van der Waals surface area (Å²) >= 11 is 1.61. The molecule has 0 aliphatic rings. The van der Waals surface area contributed by atoms with Gasteiger partial charge in [0.15, 0.2) is 0 Å². The summed E-state index contributed by atoms with van der Waals surface area (Å²) in [5, 5.41) is 2.00. The van der Waals surface area contributed by atoms with E-state index in [0.717, 1.165) is 4.88 Å². The number of hydrogen-bond donors (Lipinski definition) is 1. The van der Waals surface area contributed by atoms with Crippen LogP contribution in [0.1, 0.15) is 11.3 Å². The zero-order chi connectivity index (χ0) is 9.73. The largest absolute Gasteiger partial charge is 0.349 e. The minimum absolute atomic E-state index is 0.541. The Morgan fingerprint density at radius 1 is 1.46 bits per heavy atom.